The van der Waals surface area contributed by atoms with E-state index in [1.165, 1.54) is 4.70 Å². The molecule has 126 valence electrons. The van der Waals surface area contributed by atoms with Crippen LogP contribution in [0.5, 0.6) is 0 Å². The van der Waals surface area contributed by atoms with E-state index in [0.29, 0.717) is 5.39 Å². The maximum Gasteiger partial charge on any atom is 0.371 e. The average molecular weight is 371 g/mol. The van der Waals surface area contributed by atoms with Crippen LogP contribution in [0.15, 0.2) is 68.1 Å². The Labute approximate surface area is 150 Å². The van der Waals surface area contributed by atoms with Gasteiger partial charge in [-0.25, -0.2) is 9.78 Å². The van der Waals surface area contributed by atoms with Crippen LogP contribution in [-0.4, -0.2) is 22.3 Å². The molecule has 0 aliphatic carbocycles. The molecule has 7 heteroatoms. The van der Waals surface area contributed by atoms with Crippen molar-refractivity contribution in [1.29, 1.82) is 0 Å². The van der Waals surface area contributed by atoms with Crippen LogP contribution in [0, 0.1) is 0 Å². The summed E-state index contributed by atoms with van der Waals surface area (Å²) in [6, 6.07) is 15.7. The molecule has 4 rings (SSSR count). The average Bonchev–Trinajstić information content (AvgIpc) is 3.05. The fourth-order valence-electron chi connectivity index (χ4n) is 2.15. The maximum atomic E-state index is 11.4. The molecule has 0 radical (unpaired) electrons. The third kappa shape index (κ3) is 3.89. The van der Waals surface area contributed by atoms with Crippen LogP contribution >= 0.6 is 23.1 Å². The van der Waals surface area contributed by atoms with Crippen molar-refractivity contribution in [2.24, 2.45) is 0 Å². The van der Waals surface area contributed by atoms with Crippen LogP contribution in [0.2, 0.25) is 0 Å². The highest BCUT2D eigenvalue weighted by Gasteiger charge is 2.09. The lowest BCUT2D eigenvalue weighted by atomic mass is 10.2. The van der Waals surface area contributed by atoms with Gasteiger partial charge >= 0.3 is 5.97 Å². The number of carboxylic acid groups (broad SMARTS) is 1. The fourth-order valence-corrected chi connectivity index (χ4v) is 3.64. The molecule has 0 aliphatic rings. The Balaban J connectivity index is 0.000000150. The maximum absolute atomic E-state index is 11.4. The summed E-state index contributed by atoms with van der Waals surface area (Å²) in [6.45, 7) is 0. The molecular formula is C18H13NO4S2. The minimum absolute atomic E-state index is 0.289. The highest BCUT2D eigenvalue weighted by atomic mass is 32.2. The molecule has 4 aromatic rings. The SMILES string of the molecule is CSc1nc2ccccc2s1.O=C(O)c1cc(=O)c2ccccc2o1. The highest BCUT2D eigenvalue weighted by Crippen LogP contribution is 2.27. The number of thiazole rings is 1. The molecule has 25 heavy (non-hydrogen) atoms. The van der Waals surface area contributed by atoms with Gasteiger partial charge in [0.15, 0.2) is 9.77 Å². The van der Waals surface area contributed by atoms with E-state index < -0.39 is 5.97 Å². The Morgan fingerprint density at radius 1 is 1.16 bits per heavy atom. The van der Waals surface area contributed by atoms with Crippen molar-refractivity contribution >= 4 is 50.3 Å². The van der Waals surface area contributed by atoms with Crippen LogP contribution in [0.25, 0.3) is 21.2 Å². The monoisotopic (exact) mass is 371 g/mol. The third-order valence-corrected chi connectivity index (χ3v) is 5.32. The second kappa shape index (κ2) is 7.50. The quantitative estimate of drug-likeness (QED) is 0.522. The molecule has 0 amide bonds. The summed E-state index contributed by atoms with van der Waals surface area (Å²) < 4.78 is 7.42. The molecule has 0 aliphatic heterocycles. The molecule has 0 saturated heterocycles. The number of carbonyl (C=O) groups is 1. The number of para-hydroxylation sites is 2. The van der Waals surface area contributed by atoms with E-state index in [2.05, 4.69) is 17.3 Å². The van der Waals surface area contributed by atoms with Gasteiger partial charge in [0.25, 0.3) is 0 Å². The van der Waals surface area contributed by atoms with E-state index in [1.54, 1.807) is 47.4 Å². The van der Waals surface area contributed by atoms with E-state index in [1.807, 2.05) is 18.2 Å². The normalized spacial score (nSPS) is 10.4. The zero-order valence-electron chi connectivity index (χ0n) is 13.1. The summed E-state index contributed by atoms with van der Waals surface area (Å²) in [6.07, 6.45) is 2.05. The number of carboxylic acids is 1. The van der Waals surface area contributed by atoms with Crippen molar-refractivity contribution in [3.8, 4) is 0 Å². The summed E-state index contributed by atoms with van der Waals surface area (Å²) in [5.41, 5.74) is 1.06. The van der Waals surface area contributed by atoms with Crippen LogP contribution in [0.3, 0.4) is 0 Å². The fraction of sp³-hybridized carbons (Fsp3) is 0.0556. The molecule has 0 atom stereocenters. The number of hydrogen-bond acceptors (Lipinski definition) is 6. The molecule has 2 aromatic heterocycles. The van der Waals surface area contributed by atoms with Gasteiger partial charge < -0.3 is 9.52 Å². The van der Waals surface area contributed by atoms with Crippen molar-refractivity contribution in [3.05, 3.63) is 70.6 Å². The minimum Gasteiger partial charge on any atom is -0.475 e. The molecule has 0 fully saturated rings. The highest BCUT2D eigenvalue weighted by molar-refractivity contribution is 8.00. The van der Waals surface area contributed by atoms with Crippen molar-refractivity contribution < 1.29 is 14.3 Å². The molecule has 5 nitrogen and oxygen atoms in total. The largest absolute Gasteiger partial charge is 0.475 e. The molecule has 0 saturated carbocycles. The summed E-state index contributed by atoms with van der Waals surface area (Å²) in [7, 11) is 0. The van der Waals surface area contributed by atoms with E-state index >= 15 is 0 Å². The van der Waals surface area contributed by atoms with Crippen molar-refractivity contribution in [3.63, 3.8) is 0 Å². The Bertz CT molecular complexity index is 1070. The standard InChI is InChI=1S/C10H6O4.C8H7NS2/c11-7-5-9(10(12)13)14-8-4-2-1-3-6(7)8;1-10-8-9-6-4-2-3-5-7(6)11-8/h1-5H,(H,12,13);2-5H,1H3. The number of fused-ring (bicyclic) bond motifs is 2. The van der Waals surface area contributed by atoms with Crippen molar-refractivity contribution in [2.45, 2.75) is 4.34 Å². The first-order valence-electron chi connectivity index (χ1n) is 7.24. The zero-order chi connectivity index (χ0) is 17.8. The molecule has 0 unspecified atom stereocenters. The van der Waals surface area contributed by atoms with Gasteiger partial charge in [-0.05, 0) is 30.5 Å². The van der Waals surface area contributed by atoms with Crippen LogP contribution in [0.4, 0.5) is 0 Å². The first-order valence-corrected chi connectivity index (χ1v) is 9.28. The first kappa shape index (κ1) is 17.2. The minimum atomic E-state index is -1.24. The van der Waals surface area contributed by atoms with Crippen molar-refractivity contribution in [1.82, 2.24) is 4.98 Å². The van der Waals surface area contributed by atoms with Gasteiger partial charge in [0.1, 0.15) is 5.58 Å². The smallest absolute Gasteiger partial charge is 0.371 e. The molecule has 2 heterocycles. The summed E-state index contributed by atoms with van der Waals surface area (Å²) in [4.78, 5) is 26.4. The van der Waals surface area contributed by atoms with Gasteiger partial charge in [-0.15, -0.1) is 11.3 Å². The number of hydrogen-bond donors (Lipinski definition) is 1. The predicted molar refractivity (Wildman–Crippen MR) is 101 cm³/mol. The molecule has 0 bridgehead atoms. The van der Waals surface area contributed by atoms with Gasteiger partial charge in [-0.1, -0.05) is 36.0 Å². The summed E-state index contributed by atoms with van der Waals surface area (Å²) in [5.74, 6) is -1.58. The number of aromatic carboxylic acids is 1. The number of aromatic nitrogens is 1. The van der Waals surface area contributed by atoms with Crippen LogP contribution in [0.1, 0.15) is 10.6 Å². The van der Waals surface area contributed by atoms with Crippen molar-refractivity contribution in [2.75, 3.05) is 6.26 Å². The van der Waals surface area contributed by atoms with E-state index in [0.717, 1.165) is 15.9 Å². The zero-order valence-corrected chi connectivity index (χ0v) is 14.8. The molecule has 2 aromatic carbocycles. The number of thioether (sulfide) groups is 1. The Hall–Kier alpha value is -2.64. The summed E-state index contributed by atoms with van der Waals surface area (Å²) in [5, 5.41) is 9.02. The van der Waals surface area contributed by atoms with E-state index in [9.17, 15) is 9.59 Å². The first-order chi connectivity index (χ1) is 12.1. The van der Waals surface area contributed by atoms with Gasteiger partial charge in [0.2, 0.25) is 5.76 Å². The Morgan fingerprint density at radius 2 is 1.88 bits per heavy atom. The lowest BCUT2D eigenvalue weighted by Gasteiger charge is -1.97. The van der Waals surface area contributed by atoms with Gasteiger partial charge in [0, 0.05) is 6.07 Å². The predicted octanol–water partition coefficient (Wildman–Crippen LogP) is 4.51. The van der Waals surface area contributed by atoms with E-state index in [4.69, 9.17) is 9.52 Å². The summed E-state index contributed by atoms with van der Waals surface area (Å²) >= 11 is 3.45. The second-order valence-electron chi connectivity index (χ2n) is 4.93. The molecular weight excluding hydrogens is 358 g/mol. The van der Waals surface area contributed by atoms with Crippen LogP contribution in [-0.2, 0) is 0 Å². The molecule has 0 spiro atoms. The van der Waals surface area contributed by atoms with Crippen LogP contribution < -0.4 is 5.43 Å². The topological polar surface area (TPSA) is 80.4 Å². The second-order valence-corrected chi connectivity index (χ2v) is 7.01. The lowest BCUT2D eigenvalue weighted by Crippen LogP contribution is -2.05. The molecule has 1 N–H and O–H groups in total. The van der Waals surface area contributed by atoms with E-state index in [-0.39, 0.29) is 16.8 Å². The third-order valence-electron chi connectivity index (χ3n) is 3.29. The number of nitrogens with zero attached hydrogens (tertiary/aromatic N) is 1. The number of benzene rings is 2. The van der Waals surface area contributed by atoms with Gasteiger partial charge in [-0.3, -0.25) is 4.79 Å². The Kier molecular flexibility index (Phi) is 5.16. The Morgan fingerprint density at radius 3 is 2.60 bits per heavy atom. The van der Waals surface area contributed by atoms with Gasteiger partial charge in [-0.2, -0.15) is 0 Å². The number of rotatable bonds is 2. The lowest BCUT2D eigenvalue weighted by molar-refractivity contribution is 0.0663. The van der Waals surface area contributed by atoms with Gasteiger partial charge in [0.05, 0.1) is 15.6 Å².